The largest absolute Gasteiger partial charge is 0.385 e. The van der Waals surface area contributed by atoms with E-state index in [-0.39, 0.29) is 12.3 Å². The van der Waals surface area contributed by atoms with Crippen LogP contribution in [0.15, 0.2) is 0 Å². The van der Waals surface area contributed by atoms with E-state index in [1.165, 1.54) is 0 Å². The van der Waals surface area contributed by atoms with Crippen LogP contribution in [0.1, 0.15) is 12.8 Å². The van der Waals surface area contributed by atoms with Crippen molar-refractivity contribution in [3.8, 4) is 0 Å². The second-order valence-electron chi connectivity index (χ2n) is 2.79. The van der Waals surface area contributed by atoms with Crippen LogP contribution in [-0.2, 0) is 19.0 Å². The standard InChI is InChI=1S/C9H19NO4/c1-12-4-2-5-13-7-8-14-6-3-9(10)11/h2-8H2,1H3,(H2,10,11). The lowest BCUT2D eigenvalue weighted by Gasteiger charge is -2.04. The van der Waals surface area contributed by atoms with Crippen molar-refractivity contribution in [3.63, 3.8) is 0 Å². The number of hydrogen-bond acceptors (Lipinski definition) is 4. The molecule has 0 aromatic rings. The maximum Gasteiger partial charge on any atom is 0.219 e. The summed E-state index contributed by atoms with van der Waals surface area (Å²) >= 11 is 0. The molecule has 0 radical (unpaired) electrons. The SMILES string of the molecule is COCCCOCCOCCC(N)=O. The summed E-state index contributed by atoms with van der Waals surface area (Å²) in [5.41, 5.74) is 4.92. The summed E-state index contributed by atoms with van der Waals surface area (Å²) in [6.07, 6.45) is 1.15. The van der Waals surface area contributed by atoms with Gasteiger partial charge in [-0.1, -0.05) is 0 Å². The van der Waals surface area contributed by atoms with E-state index < -0.39 is 0 Å². The third-order valence-electron chi connectivity index (χ3n) is 1.50. The summed E-state index contributed by atoms with van der Waals surface area (Å²) in [7, 11) is 1.66. The van der Waals surface area contributed by atoms with Crippen molar-refractivity contribution in [2.45, 2.75) is 12.8 Å². The summed E-state index contributed by atoms with van der Waals surface area (Å²) < 4.78 is 15.2. The van der Waals surface area contributed by atoms with Crippen molar-refractivity contribution < 1.29 is 19.0 Å². The number of carbonyl (C=O) groups excluding carboxylic acids is 1. The second kappa shape index (κ2) is 10.4. The molecule has 0 aliphatic rings. The van der Waals surface area contributed by atoms with E-state index >= 15 is 0 Å². The van der Waals surface area contributed by atoms with Gasteiger partial charge in [-0.05, 0) is 6.42 Å². The molecule has 0 aliphatic heterocycles. The highest BCUT2D eigenvalue weighted by Gasteiger charge is 1.94. The van der Waals surface area contributed by atoms with Crippen LogP contribution < -0.4 is 5.73 Å². The zero-order chi connectivity index (χ0) is 10.6. The molecule has 0 atom stereocenters. The van der Waals surface area contributed by atoms with Gasteiger partial charge in [-0.15, -0.1) is 0 Å². The maximum atomic E-state index is 10.3. The number of primary amides is 1. The molecule has 14 heavy (non-hydrogen) atoms. The monoisotopic (exact) mass is 205 g/mol. The molecule has 84 valence electrons. The number of methoxy groups -OCH3 is 1. The van der Waals surface area contributed by atoms with Crippen molar-refractivity contribution in [2.24, 2.45) is 5.73 Å². The number of rotatable bonds is 10. The second-order valence-corrected chi connectivity index (χ2v) is 2.79. The molecule has 0 unspecified atom stereocenters. The highest BCUT2D eigenvalue weighted by atomic mass is 16.5. The van der Waals surface area contributed by atoms with Gasteiger partial charge in [-0.2, -0.15) is 0 Å². The molecular weight excluding hydrogens is 186 g/mol. The summed E-state index contributed by atoms with van der Waals surface area (Å²) in [4.78, 5) is 10.3. The van der Waals surface area contributed by atoms with E-state index in [2.05, 4.69) is 0 Å². The quantitative estimate of drug-likeness (QED) is 0.507. The zero-order valence-electron chi connectivity index (χ0n) is 8.66. The van der Waals surface area contributed by atoms with Crippen LogP contribution in [0.4, 0.5) is 0 Å². The number of carbonyl (C=O) groups is 1. The minimum atomic E-state index is -0.342. The molecule has 5 nitrogen and oxygen atoms in total. The molecule has 1 amide bonds. The van der Waals surface area contributed by atoms with Crippen LogP contribution in [0.5, 0.6) is 0 Å². The Hall–Kier alpha value is -0.650. The molecule has 0 spiro atoms. The van der Waals surface area contributed by atoms with Gasteiger partial charge in [0.1, 0.15) is 0 Å². The molecule has 0 rings (SSSR count). The third-order valence-corrected chi connectivity index (χ3v) is 1.50. The topological polar surface area (TPSA) is 70.8 Å². The van der Waals surface area contributed by atoms with Crippen molar-refractivity contribution in [2.75, 3.05) is 40.1 Å². The first-order valence-electron chi connectivity index (χ1n) is 4.70. The molecule has 0 aromatic heterocycles. The zero-order valence-corrected chi connectivity index (χ0v) is 8.66. The number of nitrogens with two attached hydrogens (primary N) is 1. The van der Waals surface area contributed by atoms with Gasteiger partial charge < -0.3 is 19.9 Å². The smallest absolute Gasteiger partial charge is 0.219 e. The molecule has 0 saturated heterocycles. The first-order valence-corrected chi connectivity index (χ1v) is 4.70. The van der Waals surface area contributed by atoms with Crippen LogP contribution in [0.25, 0.3) is 0 Å². The van der Waals surface area contributed by atoms with Gasteiger partial charge in [0.2, 0.25) is 5.91 Å². The summed E-state index contributed by atoms with van der Waals surface area (Å²) in [6.45, 7) is 2.80. The fraction of sp³-hybridized carbons (Fsp3) is 0.889. The number of amides is 1. The summed E-state index contributed by atoms with van der Waals surface area (Å²) in [6, 6.07) is 0. The van der Waals surface area contributed by atoms with Gasteiger partial charge in [-0.25, -0.2) is 0 Å². The lowest BCUT2D eigenvalue weighted by molar-refractivity contribution is -0.119. The molecule has 0 heterocycles. The fourth-order valence-electron chi connectivity index (χ4n) is 0.800. The summed E-state index contributed by atoms with van der Waals surface area (Å²) in [5, 5.41) is 0. The van der Waals surface area contributed by atoms with Gasteiger partial charge >= 0.3 is 0 Å². The lowest BCUT2D eigenvalue weighted by Crippen LogP contribution is -2.15. The molecule has 0 bridgehead atoms. The van der Waals surface area contributed by atoms with Crippen molar-refractivity contribution in [3.05, 3.63) is 0 Å². The number of ether oxygens (including phenoxy) is 3. The highest BCUT2D eigenvalue weighted by molar-refractivity contribution is 5.73. The average molecular weight is 205 g/mol. The Labute approximate surface area is 84.5 Å². The normalized spacial score (nSPS) is 10.4. The Bertz CT molecular complexity index is 141. The predicted octanol–water partition coefficient (Wildman–Crippen LogP) is -0.0685. The van der Waals surface area contributed by atoms with E-state index in [1.54, 1.807) is 7.11 Å². The molecular formula is C9H19NO4. The van der Waals surface area contributed by atoms with Crippen molar-refractivity contribution in [1.82, 2.24) is 0 Å². The van der Waals surface area contributed by atoms with Gasteiger partial charge in [0.05, 0.1) is 19.8 Å². The maximum absolute atomic E-state index is 10.3. The Morgan fingerprint density at radius 3 is 2.29 bits per heavy atom. The first-order chi connectivity index (χ1) is 6.77. The minimum absolute atomic E-state index is 0.268. The van der Waals surface area contributed by atoms with E-state index in [1.807, 2.05) is 0 Å². The number of hydrogen-bond donors (Lipinski definition) is 1. The van der Waals surface area contributed by atoms with E-state index in [0.717, 1.165) is 6.42 Å². The molecule has 0 aromatic carbocycles. The van der Waals surface area contributed by atoms with Crippen LogP contribution in [0, 0.1) is 0 Å². The van der Waals surface area contributed by atoms with Gasteiger partial charge in [0.25, 0.3) is 0 Å². The predicted molar refractivity (Wildman–Crippen MR) is 51.9 cm³/mol. The van der Waals surface area contributed by atoms with Crippen LogP contribution in [0.2, 0.25) is 0 Å². The fourth-order valence-corrected chi connectivity index (χ4v) is 0.800. The first kappa shape index (κ1) is 13.4. The third kappa shape index (κ3) is 11.4. The Balaban J connectivity index is 2.88. The van der Waals surface area contributed by atoms with Crippen LogP contribution >= 0.6 is 0 Å². The summed E-state index contributed by atoms with van der Waals surface area (Å²) in [5.74, 6) is -0.342. The molecule has 0 fully saturated rings. The van der Waals surface area contributed by atoms with Crippen LogP contribution in [0.3, 0.4) is 0 Å². The molecule has 0 aliphatic carbocycles. The van der Waals surface area contributed by atoms with Crippen molar-refractivity contribution >= 4 is 5.91 Å². The molecule has 5 heteroatoms. The van der Waals surface area contributed by atoms with Crippen molar-refractivity contribution in [1.29, 1.82) is 0 Å². The average Bonchev–Trinajstić information content (AvgIpc) is 2.15. The van der Waals surface area contributed by atoms with Gasteiger partial charge in [0, 0.05) is 26.7 Å². The van der Waals surface area contributed by atoms with Gasteiger partial charge in [0.15, 0.2) is 0 Å². The van der Waals surface area contributed by atoms with E-state index in [4.69, 9.17) is 19.9 Å². The Morgan fingerprint density at radius 1 is 1.07 bits per heavy atom. The Kier molecular flexibility index (Phi) is 9.95. The highest BCUT2D eigenvalue weighted by Crippen LogP contribution is 1.85. The Morgan fingerprint density at radius 2 is 1.71 bits per heavy atom. The molecule has 0 saturated carbocycles. The minimum Gasteiger partial charge on any atom is -0.385 e. The lowest BCUT2D eigenvalue weighted by atomic mass is 10.4. The van der Waals surface area contributed by atoms with E-state index in [0.29, 0.717) is 33.0 Å². The van der Waals surface area contributed by atoms with E-state index in [9.17, 15) is 4.79 Å². The molecule has 2 N–H and O–H groups in total. The van der Waals surface area contributed by atoms with Crippen LogP contribution in [-0.4, -0.2) is 46.1 Å². The van der Waals surface area contributed by atoms with Gasteiger partial charge in [-0.3, -0.25) is 4.79 Å².